The Labute approximate surface area is 208 Å². The molecule has 0 saturated carbocycles. The van der Waals surface area contributed by atoms with Gasteiger partial charge < -0.3 is 30.1 Å². The van der Waals surface area contributed by atoms with E-state index < -0.39 is 11.9 Å². The Bertz CT molecular complexity index is 1500. The van der Waals surface area contributed by atoms with Gasteiger partial charge in [-0.05, 0) is 42.0 Å². The van der Waals surface area contributed by atoms with Crippen LogP contribution in [-0.2, 0) is 19.3 Å². The number of hydrogen-bond acceptors (Lipinski definition) is 8. The topological polar surface area (TPSA) is 131 Å². The Morgan fingerprint density at radius 2 is 1.84 bits per heavy atom. The van der Waals surface area contributed by atoms with E-state index in [9.17, 15) is 13.2 Å². The van der Waals surface area contributed by atoms with Crippen molar-refractivity contribution in [2.45, 2.75) is 19.3 Å². The normalized spacial score (nSPS) is 13.7. The monoisotopic (exact) mass is 513 g/mol. The first-order chi connectivity index (χ1) is 17.8. The zero-order valence-corrected chi connectivity index (χ0v) is 19.6. The molecule has 9 nitrogen and oxygen atoms in total. The van der Waals surface area contributed by atoms with Gasteiger partial charge in [-0.3, -0.25) is 4.99 Å². The van der Waals surface area contributed by atoms with E-state index in [1.165, 1.54) is 19.2 Å². The number of oxazole rings is 1. The van der Waals surface area contributed by atoms with Crippen molar-refractivity contribution in [1.29, 1.82) is 0 Å². The van der Waals surface area contributed by atoms with Crippen LogP contribution in [-0.4, -0.2) is 36.1 Å². The quantitative estimate of drug-likeness (QED) is 0.292. The van der Waals surface area contributed by atoms with Crippen LogP contribution in [0.15, 0.2) is 51.9 Å². The number of ether oxygens (including phenoxy) is 3. The first-order valence-corrected chi connectivity index (χ1v) is 11.2. The number of halogens is 3. The van der Waals surface area contributed by atoms with Crippen molar-refractivity contribution in [3.05, 3.63) is 65.2 Å². The third kappa shape index (κ3) is 4.75. The predicted octanol–water partition coefficient (Wildman–Crippen LogP) is 4.05. The van der Waals surface area contributed by atoms with Crippen LogP contribution in [0.1, 0.15) is 22.7 Å². The van der Waals surface area contributed by atoms with Crippen LogP contribution in [0.25, 0.3) is 22.4 Å². The minimum Gasteiger partial charge on any atom is -0.494 e. The number of benzene rings is 2. The van der Waals surface area contributed by atoms with E-state index in [1.807, 2.05) is 18.2 Å². The number of alkyl halides is 3. The molecule has 5 rings (SSSR count). The number of nitrogens with zero attached hydrogens (tertiary/aromatic N) is 3. The Hall–Kier alpha value is -4.32. The molecule has 2 aromatic carbocycles. The van der Waals surface area contributed by atoms with Crippen LogP contribution in [0.3, 0.4) is 0 Å². The molecule has 0 fully saturated rings. The number of rotatable bonds is 6. The summed E-state index contributed by atoms with van der Waals surface area (Å²) in [5.41, 5.74) is 12.6. The van der Waals surface area contributed by atoms with Crippen molar-refractivity contribution >= 4 is 16.7 Å². The third-order valence-corrected chi connectivity index (χ3v) is 5.72. The van der Waals surface area contributed by atoms with Gasteiger partial charge in [-0.15, -0.1) is 0 Å². The van der Waals surface area contributed by atoms with Gasteiger partial charge in [-0.2, -0.15) is 13.2 Å². The summed E-state index contributed by atoms with van der Waals surface area (Å²) in [6, 6.07) is 10.8. The van der Waals surface area contributed by atoms with E-state index in [0.717, 1.165) is 11.6 Å². The molecule has 1 aliphatic rings. The number of amidine groups is 1. The van der Waals surface area contributed by atoms with Crippen molar-refractivity contribution in [3.63, 3.8) is 0 Å². The Kier molecular flexibility index (Phi) is 6.34. The molecular formula is C25H22F3N5O4. The molecule has 12 heteroatoms. The van der Waals surface area contributed by atoms with Crippen molar-refractivity contribution in [2.75, 3.05) is 20.3 Å². The maximum atomic E-state index is 13.3. The average Bonchev–Trinajstić information content (AvgIpc) is 3.34. The smallest absolute Gasteiger partial charge is 0.433 e. The minimum absolute atomic E-state index is 0.0177. The molecule has 0 saturated heterocycles. The van der Waals surface area contributed by atoms with Gasteiger partial charge in [0.15, 0.2) is 11.5 Å². The van der Waals surface area contributed by atoms with Crippen LogP contribution in [0.2, 0.25) is 0 Å². The summed E-state index contributed by atoms with van der Waals surface area (Å²) in [6.07, 6.45) is -4.61. The van der Waals surface area contributed by atoms with E-state index in [1.54, 1.807) is 6.07 Å². The second-order valence-electron chi connectivity index (χ2n) is 8.08. The number of nitrogens with two attached hydrogens (primary N) is 2. The lowest BCUT2D eigenvalue weighted by Gasteiger charge is -2.18. The van der Waals surface area contributed by atoms with Crippen molar-refractivity contribution in [1.82, 2.24) is 9.97 Å². The van der Waals surface area contributed by atoms with Crippen LogP contribution < -0.4 is 25.7 Å². The van der Waals surface area contributed by atoms with Crippen LogP contribution in [0.5, 0.6) is 17.2 Å². The molecule has 3 heterocycles. The number of pyridine rings is 1. The second kappa shape index (κ2) is 9.62. The highest BCUT2D eigenvalue weighted by Gasteiger charge is 2.33. The molecule has 4 aromatic rings. The Balaban J connectivity index is 1.50. The predicted molar refractivity (Wildman–Crippen MR) is 129 cm³/mol. The molecule has 2 aromatic heterocycles. The molecular weight excluding hydrogens is 491 g/mol. The summed E-state index contributed by atoms with van der Waals surface area (Å²) in [7, 11) is 1.35. The molecule has 0 aliphatic carbocycles. The second-order valence-corrected chi connectivity index (χ2v) is 8.08. The van der Waals surface area contributed by atoms with Gasteiger partial charge in [0.05, 0.1) is 20.2 Å². The summed E-state index contributed by atoms with van der Waals surface area (Å²) in [5.74, 6) is 1.97. The lowest BCUT2D eigenvalue weighted by Crippen LogP contribution is -2.17. The van der Waals surface area contributed by atoms with E-state index >= 15 is 0 Å². The van der Waals surface area contributed by atoms with Crippen LogP contribution in [0.4, 0.5) is 13.2 Å². The molecule has 0 bridgehead atoms. The van der Waals surface area contributed by atoms with Crippen molar-refractivity contribution in [3.8, 4) is 28.7 Å². The Morgan fingerprint density at radius 1 is 1.05 bits per heavy atom. The number of fused-ring (bicyclic) bond motifs is 2. The first kappa shape index (κ1) is 24.4. The van der Waals surface area contributed by atoms with Crippen molar-refractivity contribution < 1.29 is 31.8 Å². The minimum atomic E-state index is -4.61. The largest absolute Gasteiger partial charge is 0.494 e. The van der Waals surface area contributed by atoms with Gasteiger partial charge in [0.1, 0.15) is 47.5 Å². The summed E-state index contributed by atoms with van der Waals surface area (Å²) >= 11 is 0. The summed E-state index contributed by atoms with van der Waals surface area (Å²) in [5, 5.41) is 0.357. The zero-order valence-electron chi connectivity index (χ0n) is 19.6. The molecule has 0 amide bonds. The van der Waals surface area contributed by atoms with E-state index in [-0.39, 0.29) is 47.5 Å². The number of hydrogen-bond donors (Lipinski definition) is 2. The van der Waals surface area contributed by atoms with Gasteiger partial charge in [0.25, 0.3) is 0 Å². The first-order valence-electron chi connectivity index (χ1n) is 11.2. The third-order valence-electron chi connectivity index (χ3n) is 5.72. The maximum Gasteiger partial charge on any atom is 0.433 e. The molecule has 0 spiro atoms. The van der Waals surface area contributed by atoms with E-state index in [0.29, 0.717) is 35.7 Å². The molecule has 0 unspecified atom stereocenters. The number of aliphatic imine (C=N–C) groups is 1. The summed E-state index contributed by atoms with van der Waals surface area (Å²) in [4.78, 5) is 12.7. The van der Waals surface area contributed by atoms with Gasteiger partial charge in [-0.25, -0.2) is 9.97 Å². The fraction of sp³-hybridized carbons (Fsp3) is 0.240. The SMILES string of the molecule is COc1ccc(-c2nc(C(N)=NCc3ccc4c(c3)OCCO4)c(CN)o2)c2ccc(C(F)(F)F)nc12. The van der Waals surface area contributed by atoms with Gasteiger partial charge in [0.2, 0.25) is 5.89 Å². The fourth-order valence-corrected chi connectivity index (χ4v) is 3.94. The van der Waals surface area contributed by atoms with Crippen LogP contribution in [0, 0.1) is 0 Å². The molecule has 0 atom stereocenters. The lowest BCUT2D eigenvalue weighted by molar-refractivity contribution is -0.140. The maximum absolute atomic E-state index is 13.3. The summed E-state index contributed by atoms with van der Waals surface area (Å²) < 4.78 is 62.0. The van der Waals surface area contributed by atoms with E-state index in [4.69, 9.17) is 30.1 Å². The molecule has 37 heavy (non-hydrogen) atoms. The molecule has 0 radical (unpaired) electrons. The molecule has 192 valence electrons. The van der Waals surface area contributed by atoms with Gasteiger partial charge in [0, 0.05) is 10.9 Å². The highest BCUT2D eigenvalue weighted by molar-refractivity contribution is 5.99. The highest BCUT2D eigenvalue weighted by Crippen LogP contribution is 2.37. The van der Waals surface area contributed by atoms with Crippen molar-refractivity contribution in [2.24, 2.45) is 16.5 Å². The number of methoxy groups -OCH3 is 1. The highest BCUT2D eigenvalue weighted by atomic mass is 19.4. The fourth-order valence-electron chi connectivity index (χ4n) is 3.94. The zero-order chi connectivity index (χ0) is 26.2. The van der Waals surface area contributed by atoms with E-state index in [2.05, 4.69) is 15.0 Å². The lowest BCUT2D eigenvalue weighted by atomic mass is 10.1. The van der Waals surface area contributed by atoms with Gasteiger partial charge >= 0.3 is 6.18 Å². The molecule has 4 N–H and O–H groups in total. The Morgan fingerprint density at radius 3 is 2.57 bits per heavy atom. The molecule has 1 aliphatic heterocycles. The van der Waals surface area contributed by atoms with Gasteiger partial charge in [-0.1, -0.05) is 6.07 Å². The number of aromatic nitrogens is 2. The standard InChI is InChI=1S/C25H22F3N5O4/c1-34-17-6-3-15(14-4-7-20(25(26,27)28)32-21(14)17)24-33-22(19(11-29)37-24)23(30)31-12-13-2-5-16-18(10-13)36-9-8-35-16/h2-7,10H,8-9,11-12,29H2,1H3,(H2,30,31). The average molecular weight is 513 g/mol. The van der Waals surface area contributed by atoms with Crippen LogP contribution >= 0.6 is 0 Å². The summed E-state index contributed by atoms with van der Waals surface area (Å²) in [6.45, 7) is 1.19.